The zero-order valence-corrected chi connectivity index (χ0v) is 20.7. The number of hydrogen-bond acceptors (Lipinski definition) is 9. The number of fused-ring (bicyclic) bond motifs is 3. The molecule has 3 N–H and O–H groups in total. The Morgan fingerprint density at radius 3 is 2.59 bits per heavy atom. The number of nitrogen functional groups attached to an aromatic ring is 1. The van der Waals surface area contributed by atoms with Crippen LogP contribution in [-0.2, 0) is 12.1 Å². The molecule has 0 unspecified atom stereocenters. The highest BCUT2D eigenvalue weighted by Crippen LogP contribution is 2.27. The Hall–Kier alpha value is -4.03. The molecule has 1 saturated heterocycles. The summed E-state index contributed by atoms with van der Waals surface area (Å²) in [5, 5.41) is 19.9. The highest BCUT2D eigenvalue weighted by Gasteiger charge is 2.23. The molecule has 0 saturated carbocycles. The van der Waals surface area contributed by atoms with Crippen molar-refractivity contribution in [2.45, 2.75) is 26.0 Å². The summed E-state index contributed by atoms with van der Waals surface area (Å²) >= 11 is 0. The van der Waals surface area contributed by atoms with Crippen molar-refractivity contribution in [2.75, 3.05) is 43.4 Å². The van der Waals surface area contributed by atoms with Crippen LogP contribution in [0.4, 0.5) is 16.0 Å². The predicted octanol–water partition coefficient (Wildman–Crippen LogP) is 2.50. The maximum atomic E-state index is 14.8. The van der Waals surface area contributed by atoms with Gasteiger partial charge in [0.1, 0.15) is 5.82 Å². The molecular formula is C25H28FN9O2. The number of anilines is 2. The van der Waals surface area contributed by atoms with Crippen molar-refractivity contribution in [3.05, 3.63) is 54.2 Å². The van der Waals surface area contributed by atoms with E-state index in [1.54, 1.807) is 50.6 Å². The summed E-state index contributed by atoms with van der Waals surface area (Å²) in [5.41, 5.74) is 7.47. The van der Waals surface area contributed by atoms with Gasteiger partial charge in [-0.1, -0.05) is 6.07 Å². The summed E-state index contributed by atoms with van der Waals surface area (Å²) in [6, 6.07) is 8.54. The number of nitrogens with two attached hydrogens (primary N) is 1. The number of halogens is 1. The van der Waals surface area contributed by atoms with Gasteiger partial charge in [-0.25, -0.2) is 14.1 Å². The van der Waals surface area contributed by atoms with Crippen molar-refractivity contribution >= 4 is 28.3 Å². The minimum atomic E-state index is -1.07. The molecule has 1 aromatic carbocycles. The normalized spacial score (nSPS) is 15.3. The number of piperazine rings is 1. The van der Waals surface area contributed by atoms with Gasteiger partial charge >= 0.3 is 0 Å². The molecular weight excluding hydrogens is 477 g/mol. The Labute approximate surface area is 211 Å². The van der Waals surface area contributed by atoms with E-state index in [0.717, 1.165) is 25.0 Å². The largest absolute Gasteiger partial charge is 0.461 e. The number of benzene rings is 1. The number of furan rings is 1. The third-order valence-electron chi connectivity index (χ3n) is 6.83. The minimum absolute atomic E-state index is 0.223. The van der Waals surface area contributed by atoms with Crippen molar-refractivity contribution in [1.82, 2.24) is 34.3 Å². The lowest BCUT2D eigenvalue weighted by Gasteiger charge is -2.36. The van der Waals surface area contributed by atoms with Crippen LogP contribution >= 0.6 is 0 Å². The molecule has 0 spiro atoms. The van der Waals surface area contributed by atoms with E-state index in [9.17, 15) is 9.50 Å². The van der Waals surface area contributed by atoms with Crippen LogP contribution in [0, 0.1) is 5.82 Å². The van der Waals surface area contributed by atoms with E-state index in [-0.39, 0.29) is 11.8 Å². The molecule has 1 aliphatic heterocycles. The lowest BCUT2D eigenvalue weighted by Crippen LogP contribution is -2.47. The Bertz CT molecular complexity index is 1560. The molecule has 11 nitrogen and oxygen atoms in total. The molecule has 0 bridgehead atoms. The van der Waals surface area contributed by atoms with E-state index in [1.807, 2.05) is 9.58 Å². The second-order valence-electron chi connectivity index (χ2n) is 9.78. The molecule has 4 aromatic heterocycles. The lowest BCUT2D eigenvalue weighted by molar-refractivity contribution is 0.0782. The number of hydrogen-bond donors (Lipinski definition) is 2. The fourth-order valence-electron chi connectivity index (χ4n) is 4.72. The molecule has 5 aromatic rings. The zero-order valence-electron chi connectivity index (χ0n) is 20.7. The van der Waals surface area contributed by atoms with Gasteiger partial charge in [0.15, 0.2) is 17.1 Å². The fraction of sp³-hybridized carbons (Fsp3) is 0.360. The monoisotopic (exact) mass is 505 g/mol. The van der Waals surface area contributed by atoms with Gasteiger partial charge in [0.25, 0.3) is 0 Å². The first-order valence-corrected chi connectivity index (χ1v) is 12.2. The van der Waals surface area contributed by atoms with Gasteiger partial charge in [-0.05, 0) is 43.7 Å². The summed E-state index contributed by atoms with van der Waals surface area (Å²) in [6.07, 6.45) is 3.30. The van der Waals surface area contributed by atoms with E-state index < -0.39 is 5.60 Å². The molecule has 12 heteroatoms. The zero-order chi connectivity index (χ0) is 25.7. The van der Waals surface area contributed by atoms with Crippen LogP contribution in [0.1, 0.15) is 19.4 Å². The molecule has 0 atom stereocenters. The maximum absolute atomic E-state index is 14.8. The van der Waals surface area contributed by atoms with Gasteiger partial charge in [0.2, 0.25) is 11.8 Å². The Balaban J connectivity index is 1.14. The number of nitrogens with zero attached hydrogens (tertiary/aromatic N) is 8. The molecule has 1 fully saturated rings. The lowest BCUT2D eigenvalue weighted by atomic mass is 9.98. The maximum Gasteiger partial charge on any atom is 0.225 e. The van der Waals surface area contributed by atoms with E-state index in [4.69, 9.17) is 10.2 Å². The topological polar surface area (TPSA) is 127 Å². The van der Waals surface area contributed by atoms with Gasteiger partial charge in [-0.15, -0.1) is 5.10 Å². The molecule has 0 amide bonds. The first kappa shape index (κ1) is 23.4. The van der Waals surface area contributed by atoms with Crippen molar-refractivity contribution in [3.8, 4) is 11.6 Å². The fourth-order valence-corrected chi connectivity index (χ4v) is 4.72. The van der Waals surface area contributed by atoms with E-state index >= 15 is 0 Å². The average Bonchev–Trinajstić information content (AvgIpc) is 3.62. The number of aliphatic hydroxyl groups is 1. The van der Waals surface area contributed by atoms with Crippen LogP contribution in [0.5, 0.6) is 0 Å². The molecule has 1 aliphatic rings. The molecule has 192 valence electrons. The smallest absolute Gasteiger partial charge is 0.225 e. The first-order chi connectivity index (χ1) is 17.8. The molecule has 0 radical (unpaired) electrons. The second-order valence-corrected chi connectivity index (χ2v) is 9.78. The van der Waals surface area contributed by atoms with E-state index in [1.165, 1.54) is 10.6 Å². The SMILES string of the molecule is CC(C)(O)c1ccc(N2CCN(CCn3ncc4c3nc(N)n3nc(-c5ccco5)nc43)CC2)c(F)c1. The van der Waals surface area contributed by atoms with Gasteiger partial charge < -0.3 is 20.2 Å². The van der Waals surface area contributed by atoms with Crippen molar-refractivity contribution in [1.29, 1.82) is 0 Å². The number of aromatic nitrogens is 6. The third-order valence-corrected chi connectivity index (χ3v) is 6.83. The summed E-state index contributed by atoms with van der Waals surface area (Å²) in [6.45, 7) is 7.70. The van der Waals surface area contributed by atoms with Crippen LogP contribution < -0.4 is 10.6 Å². The third kappa shape index (κ3) is 4.27. The molecule has 0 aliphatic carbocycles. The highest BCUT2D eigenvalue weighted by atomic mass is 19.1. The minimum Gasteiger partial charge on any atom is -0.461 e. The summed E-state index contributed by atoms with van der Waals surface area (Å²) < 4.78 is 23.5. The van der Waals surface area contributed by atoms with Crippen molar-refractivity contribution < 1.29 is 13.9 Å². The Morgan fingerprint density at radius 1 is 1.08 bits per heavy atom. The Kier molecular flexibility index (Phi) is 5.57. The van der Waals surface area contributed by atoms with Crippen LogP contribution in [0.3, 0.4) is 0 Å². The quantitative estimate of drug-likeness (QED) is 0.358. The summed E-state index contributed by atoms with van der Waals surface area (Å²) in [7, 11) is 0. The van der Waals surface area contributed by atoms with Gasteiger partial charge in [0, 0.05) is 32.7 Å². The van der Waals surface area contributed by atoms with Gasteiger partial charge in [-0.3, -0.25) is 4.90 Å². The first-order valence-electron chi connectivity index (χ1n) is 12.2. The average molecular weight is 506 g/mol. The van der Waals surface area contributed by atoms with Crippen LogP contribution in [0.25, 0.3) is 28.3 Å². The summed E-state index contributed by atoms with van der Waals surface area (Å²) in [4.78, 5) is 13.5. The van der Waals surface area contributed by atoms with Crippen LogP contribution in [0.2, 0.25) is 0 Å². The van der Waals surface area contributed by atoms with Crippen molar-refractivity contribution in [3.63, 3.8) is 0 Å². The van der Waals surface area contributed by atoms with Gasteiger partial charge in [-0.2, -0.15) is 14.6 Å². The molecule has 6 rings (SSSR count). The van der Waals surface area contributed by atoms with Crippen LogP contribution in [0.15, 0.2) is 47.2 Å². The van der Waals surface area contributed by atoms with E-state index in [2.05, 4.69) is 25.1 Å². The predicted molar refractivity (Wildman–Crippen MR) is 136 cm³/mol. The highest BCUT2D eigenvalue weighted by molar-refractivity contribution is 5.90. The standard InChI is InChI=1S/C25H28FN9O2/c1-25(2,36)16-5-6-19(18(26)14-16)33-10-7-32(8-11-33)9-12-34-22-17(15-28-34)23-29-21(20-4-3-13-37-20)31-35(23)24(27)30-22/h3-6,13-15,36H,7-12H2,1-2H3,(H2,27,30). The molecule has 37 heavy (non-hydrogen) atoms. The number of rotatable bonds is 6. The second kappa shape index (κ2) is 8.82. The Morgan fingerprint density at radius 2 is 1.89 bits per heavy atom. The van der Waals surface area contributed by atoms with Crippen molar-refractivity contribution in [2.24, 2.45) is 0 Å². The molecule has 5 heterocycles. The van der Waals surface area contributed by atoms with Gasteiger partial charge in [0.05, 0.1) is 35.7 Å². The van der Waals surface area contributed by atoms with Crippen LogP contribution in [-0.4, -0.2) is 72.1 Å². The van der Waals surface area contributed by atoms with E-state index in [0.29, 0.717) is 53.8 Å². The summed E-state index contributed by atoms with van der Waals surface area (Å²) in [5.74, 6) is 0.897.